The second-order valence-corrected chi connectivity index (χ2v) is 25.4. The average Bonchev–Trinajstić information content (AvgIpc) is 2.75. The zero-order valence-corrected chi connectivity index (χ0v) is 60.7. The Morgan fingerprint density at radius 2 is 0.910 bits per heavy atom. The number of hydrogen-bond donors (Lipinski definition) is 2. The summed E-state index contributed by atoms with van der Waals surface area (Å²) in [6.07, 6.45) is 0.987. The number of aromatic nitrogens is 10. The number of carbonyl (C=O) groups excluding carboxylic acids is 2. The number of hydrogen-bond acceptors (Lipinski definition) is 27. The Bertz CT molecular complexity index is 3110. The molecule has 0 spiro atoms. The summed E-state index contributed by atoms with van der Waals surface area (Å²) >= 11 is 35.3. The van der Waals surface area contributed by atoms with E-state index in [1.165, 1.54) is 32.4 Å². The van der Waals surface area contributed by atoms with Gasteiger partial charge in [0, 0.05) is 42.7 Å². The molecule has 4 aliphatic heterocycles. The second-order valence-electron chi connectivity index (χ2n) is 19.2. The summed E-state index contributed by atoms with van der Waals surface area (Å²) in [5.41, 5.74) is 2.13. The largest absolute Gasteiger partial charge is 1.00 e. The van der Waals surface area contributed by atoms with Gasteiger partial charge in [0.1, 0.15) is 32.4 Å². The van der Waals surface area contributed by atoms with Crippen LogP contribution in [0.15, 0.2) is 30.3 Å². The molecule has 490 valence electrons. The van der Waals surface area contributed by atoms with Crippen molar-refractivity contribution in [3.63, 3.8) is 0 Å². The van der Waals surface area contributed by atoms with E-state index in [1.54, 1.807) is 19.9 Å². The zero-order chi connectivity index (χ0) is 65.3. The average molecular weight is 1530 g/mol. The quantitative estimate of drug-likeness (QED) is 0.0255. The number of anilines is 4. The fourth-order valence-electron chi connectivity index (χ4n) is 7.57. The molecule has 0 amide bonds. The van der Waals surface area contributed by atoms with Crippen molar-refractivity contribution in [3.8, 4) is 0 Å². The molecule has 0 aromatic carbocycles. The molecule has 9 rings (SSSR count). The van der Waals surface area contributed by atoms with Crippen LogP contribution < -0.4 is 49.2 Å². The normalized spacial score (nSPS) is 18.5. The van der Waals surface area contributed by atoms with Crippen LogP contribution in [0.1, 0.15) is 81.0 Å². The van der Waals surface area contributed by atoms with Crippen molar-refractivity contribution < 1.29 is 95.5 Å². The number of halogens is 7. The maximum absolute atomic E-state index is 11.5. The molecule has 28 nitrogen and oxygen atoms in total. The smallest absolute Gasteiger partial charge is 1.00 e. The number of alkyl halides is 1. The Morgan fingerprint density at radius 3 is 1.24 bits per heavy atom. The molecule has 2 N–H and O–H groups in total. The summed E-state index contributed by atoms with van der Waals surface area (Å²) in [5, 5.41) is 10.3. The molecular weight excluding hydrogens is 1460 g/mol. The van der Waals surface area contributed by atoms with Crippen LogP contribution in [0.2, 0.25) is 31.0 Å². The summed E-state index contributed by atoms with van der Waals surface area (Å²) in [7, 11) is -0.977. The van der Waals surface area contributed by atoms with E-state index in [2.05, 4.69) is 93.7 Å². The molecule has 5 atom stereocenters. The summed E-state index contributed by atoms with van der Waals surface area (Å²) in [6.45, 7) is 19.3. The van der Waals surface area contributed by atoms with E-state index < -0.39 is 33.1 Å². The number of esters is 2. The van der Waals surface area contributed by atoms with Crippen LogP contribution in [-0.2, 0) is 71.4 Å². The standard InChI is InChI=1S/C11H16ClN3O4S.C11H14ClN3O3.C10H13ClIN3O.C10H14ClN3O2.C6H4Cl2N2O2.C3H8O2S.Na.H/c1-8-6-18-4-3-15(8)11-13-9(5-10(12)14-11)7-19-20(2,16)17;1-7-6-18-4-3-15(7)11-13-8(10(16)17-2)5-9(12)14-11;1-7-6-16-3-2-15(7)10-13-8(5-12)4-9(11)14-10;1-7-6-16-3-2-14(7)10-12-8(5-15)4-9(11)13-10;1-12-5(11)3-2-4(7)10-6(8)9-3;1-3(2)6(4)5;;/h5,8H,3-4,6-7H2,1-2H3;5,7H,3-4,6H2,1-2H3;4,7H,2-3,5-6H2,1H3;4,7,15H,2-3,5-6H2,1H3;2H,1H3;3H,1-2H3,(H,4,5);;/q;;;;;;+1;-1/t8-;3*7-;;;;/m0000..../s1. The number of ether oxygens (including phenoxy) is 6. The molecule has 4 aliphatic rings. The Kier molecular flexibility index (Phi) is 36.7. The minimum atomic E-state index is -3.52. The maximum Gasteiger partial charge on any atom is 1.00 e. The van der Waals surface area contributed by atoms with E-state index in [0.29, 0.717) is 98.3 Å². The summed E-state index contributed by atoms with van der Waals surface area (Å²) in [4.78, 5) is 71.6. The van der Waals surface area contributed by atoms with Crippen molar-refractivity contribution in [2.75, 3.05) is 119 Å². The Labute approximate surface area is 586 Å². The van der Waals surface area contributed by atoms with E-state index in [0.717, 1.165) is 48.6 Å². The maximum atomic E-state index is 11.5. The van der Waals surface area contributed by atoms with Gasteiger partial charge < -0.3 is 59.1 Å². The first-order chi connectivity index (χ1) is 41.6. The van der Waals surface area contributed by atoms with Gasteiger partial charge in [0.2, 0.25) is 29.1 Å². The molecule has 0 radical (unpaired) electrons. The number of morpholine rings is 4. The summed E-state index contributed by atoms with van der Waals surface area (Å²) < 4.78 is 75.9. The number of aliphatic hydroxyl groups is 1. The van der Waals surface area contributed by atoms with Gasteiger partial charge in [-0.3, -0.25) is 4.18 Å². The molecule has 0 bridgehead atoms. The van der Waals surface area contributed by atoms with Crippen molar-refractivity contribution in [1.29, 1.82) is 0 Å². The first-order valence-electron chi connectivity index (χ1n) is 26.7. The minimum absolute atomic E-state index is 0. The van der Waals surface area contributed by atoms with Crippen molar-refractivity contribution in [2.45, 2.75) is 88.6 Å². The SMILES string of the molecule is CC(C)S(=O)O.COC(=O)c1cc(Cl)nc(Cl)n1.COC(=O)c1cc(Cl)nc(N2CCOC[C@@H]2C)n1.C[C@H]1COCCN1c1nc(Cl)cc(CI)n1.C[C@H]1COCCN1c1nc(Cl)cc(CO)n1.C[C@H]1COCCN1c1nc(Cl)cc(COS(C)(=O)=O)n1.[H-].[Na+]. The third-order valence-electron chi connectivity index (χ3n) is 12.0. The molecule has 5 aromatic rings. The molecule has 1 unspecified atom stereocenters. The molecule has 5 aromatic heterocycles. The molecule has 9 heterocycles. The van der Waals surface area contributed by atoms with Crippen molar-refractivity contribution in [1.82, 2.24) is 49.8 Å². The van der Waals surface area contributed by atoms with Crippen molar-refractivity contribution in [2.24, 2.45) is 0 Å². The van der Waals surface area contributed by atoms with Gasteiger partial charge in [0.25, 0.3) is 10.1 Å². The van der Waals surface area contributed by atoms with Crippen LogP contribution in [0.5, 0.6) is 0 Å². The van der Waals surface area contributed by atoms with Gasteiger partial charge in [-0.15, -0.1) is 0 Å². The predicted octanol–water partition coefficient (Wildman–Crippen LogP) is 4.41. The Hall–Kier alpha value is -3.17. The number of aliphatic hydroxyl groups excluding tert-OH is 1. The Balaban J connectivity index is 0.000000375. The fraction of sp³-hybridized carbons (Fsp3) is 0.569. The third-order valence-corrected chi connectivity index (χ3v) is 15.2. The first-order valence-corrected chi connectivity index (χ1v) is 33.4. The number of carbonyl (C=O) groups is 2. The van der Waals surface area contributed by atoms with Crippen molar-refractivity contribution in [3.05, 3.63) is 89.9 Å². The van der Waals surface area contributed by atoms with Crippen LogP contribution in [0.3, 0.4) is 0 Å². The molecule has 0 saturated carbocycles. The van der Waals surface area contributed by atoms with Crippen LogP contribution in [0.25, 0.3) is 0 Å². The summed E-state index contributed by atoms with van der Waals surface area (Å²) in [5.74, 6) is 1.05. The van der Waals surface area contributed by atoms with Gasteiger partial charge >= 0.3 is 41.5 Å². The van der Waals surface area contributed by atoms with Gasteiger partial charge in [-0.25, -0.2) is 63.6 Å². The van der Waals surface area contributed by atoms with Gasteiger partial charge in [0.05, 0.1) is 126 Å². The molecule has 89 heavy (non-hydrogen) atoms. The number of rotatable bonds is 12. The zero-order valence-electron chi connectivity index (χ0n) is 51.4. The number of methoxy groups -OCH3 is 2. The van der Waals surface area contributed by atoms with Gasteiger partial charge in [0.15, 0.2) is 22.5 Å². The van der Waals surface area contributed by atoms with Gasteiger partial charge in [-0.2, -0.15) is 8.42 Å². The Morgan fingerprint density at radius 1 is 0.596 bits per heavy atom. The van der Waals surface area contributed by atoms with Crippen molar-refractivity contribution >= 4 is 149 Å². The number of nitrogens with zero attached hydrogens (tertiary/aromatic N) is 14. The van der Waals surface area contributed by atoms with Crippen LogP contribution in [-0.4, -0.2) is 213 Å². The summed E-state index contributed by atoms with van der Waals surface area (Å²) in [6, 6.07) is 8.32. The van der Waals surface area contributed by atoms with Crippen LogP contribution in [0.4, 0.5) is 23.8 Å². The van der Waals surface area contributed by atoms with E-state index in [-0.39, 0.29) is 99.7 Å². The molecule has 4 fully saturated rings. The third kappa shape index (κ3) is 28.5. The van der Waals surface area contributed by atoms with Crippen LogP contribution in [0, 0.1) is 0 Å². The van der Waals surface area contributed by atoms with E-state index >= 15 is 0 Å². The van der Waals surface area contributed by atoms with Gasteiger partial charge in [-0.05, 0) is 71.3 Å². The van der Waals surface area contributed by atoms with Crippen LogP contribution >= 0.6 is 92.2 Å². The molecule has 0 aliphatic carbocycles. The van der Waals surface area contributed by atoms with E-state index in [9.17, 15) is 22.2 Å². The topological polar surface area (TPSA) is 332 Å². The molecule has 4 saturated heterocycles. The van der Waals surface area contributed by atoms with E-state index in [4.69, 9.17) is 102 Å². The monoisotopic (exact) mass is 1530 g/mol. The molecule has 38 heteroatoms. The molecular formula is C51H70Cl6IN14NaO14S2. The predicted molar refractivity (Wildman–Crippen MR) is 344 cm³/mol. The fourth-order valence-corrected chi connectivity index (χ4v) is 9.49. The van der Waals surface area contributed by atoms with Gasteiger partial charge in [-0.1, -0.05) is 80.6 Å². The second kappa shape index (κ2) is 40.8. The first kappa shape index (κ1) is 80.1. The van der Waals surface area contributed by atoms with E-state index in [1.807, 2.05) is 41.5 Å². The minimum Gasteiger partial charge on any atom is -1.00 e.